The van der Waals surface area contributed by atoms with Gasteiger partial charge in [-0.15, -0.1) is 0 Å². The Labute approximate surface area is 129 Å². The molecule has 1 aliphatic carbocycles. The molecule has 0 aromatic heterocycles. The summed E-state index contributed by atoms with van der Waals surface area (Å²) in [4.78, 5) is 22.6. The average Bonchev–Trinajstić information content (AvgIpc) is 3.26. The smallest absolute Gasteiger partial charge is 0.329 e. The Kier molecular flexibility index (Phi) is 5.25. The monoisotopic (exact) mass is 307 g/mol. The molecule has 0 spiro atoms. The van der Waals surface area contributed by atoms with Crippen LogP contribution in [0.2, 0.25) is 0 Å². The molecule has 2 rings (SSSR count). The van der Waals surface area contributed by atoms with Crippen molar-refractivity contribution in [3.63, 3.8) is 0 Å². The molecule has 2 N–H and O–H groups in total. The summed E-state index contributed by atoms with van der Waals surface area (Å²) in [6.45, 7) is 2.94. The maximum atomic E-state index is 11.7. The van der Waals surface area contributed by atoms with Crippen LogP contribution in [0.4, 0.5) is 0 Å². The summed E-state index contributed by atoms with van der Waals surface area (Å²) in [5.74, 6) is 0.312. The number of benzene rings is 1. The Bertz CT molecular complexity index is 522. The second-order valence-corrected chi connectivity index (χ2v) is 5.29. The van der Waals surface area contributed by atoms with Crippen molar-refractivity contribution in [2.24, 2.45) is 0 Å². The zero-order valence-corrected chi connectivity index (χ0v) is 12.6. The highest BCUT2D eigenvalue weighted by Gasteiger charge is 2.51. The van der Waals surface area contributed by atoms with Crippen LogP contribution in [0.3, 0.4) is 0 Å². The third-order valence-corrected chi connectivity index (χ3v) is 3.49. The normalized spacial score (nSPS) is 15.0. The lowest BCUT2D eigenvalue weighted by molar-refractivity contribution is -0.143. The molecule has 1 aromatic carbocycles. The van der Waals surface area contributed by atoms with Crippen molar-refractivity contribution in [2.75, 3.05) is 13.2 Å². The summed E-state index contributed by atoms with van der Waals surface area (Å²) < 4.78 is 10.9. The third-order valence-electron chi connectivity index (χ3n) is 3.49. The number of aliphatic carboxylic acids is 1. The molecule has 1 aliphatic rings. The van der Waals surface area contributed by atoms with Crippen molar-refractivity contribution in [1.29, 1.82) is 0 Å². The number of hydrogen-bond acceptors (Lipinski definition) is 4. The molecule has 1 fully saturated rings. The number of nitrogens with one attached hydrogen (secondary N) is 1. The second kappa shape index (κ2) is 7.15. The Balaban J connectivity index is 1.64. The van der Waals surface area contributed by atoms with Gasteiger partial charge in [-0.05, 0) is 50.5 Å². The fourth-order valence-electron chi connectivity index (χ4n) is 2.07. The highest BCUT2D eigenvalue weighted by Crippen LogP contribution is 2.35. The van der Waals surface area contributed by atoms with Crippen molar-refractivity contribution in [3.05, 3.63) is 24.3 Å². The first-order chi connectivity index (χ1) is 10.6. The van der Waals surface area contributed by atoms with E-state index in [4.69, 9.17) is 14.6 Å². The zero-order chi connectivity index (χ0) is 16.0. The van der Waals surface area contributed by atoms with E-state index in [-0.39, 0.29) is 12.3 Å². The lowest BCUT2D eigenvalue weighted by Gasteiger charge is -2.12. The quantitative estimate of drug-likeness (QED) is 0.681. The Morgan fingerprint density at radius 3 is 2.27 bits per heavy atom. The van der Waals surface area contributed by atoms with Crippen molar-refractivity contribution in [1.82, 2.24) is 5.32 Å². The van der Waals surface area contributed by atoms with Crippen LogP contribution in [-0.4, -0.2) is 35.7 Å². The minimum atomic E-state index is -1.01. The van der Waals surface area contributed by atoms with Crippen molar-refractivity contribution < 1.29 is 24.2 Å². The summed E-state index contributed by atoms with van der Waals surface area (Å²) in [5, 5.41) is 11.6. The fourth-order valence-corrected chi connectivity index (χ4v) is 2.07. The van der Waals surface area contributed by atoms with Crippen LogP contribution in [0.15, 0.2) is 24.3 Å². The number of carboxylic acid groups (broad SMARTS) is 1. The van der Waals surface area contributed by atoms with Gasteiger partial charge in [-0.1, -0.05) is 0 Å². The van der Waals surface area contributed by atoms with Gasteiger partial charge in [0.2, 0.25) is 5.91 Å². The molecule has 0 atom stereocenters. The maximum Gasteiger partial charge on any atom is 0.329 e. The SMILES string of the molecule is CCOc1ccc(OCCCC(=O)NC2(C(=O)O)CC2)cc1. The largest absolute Gasteiger partial charge is 0.494 e. The van der Waals surface area contributed by atoms with E-state index in [0.717, 1.165) is 5.75 Å². The van der Waals surface area contributed by atoms with Crippen LogP contribution >= 0.6 is 0 Å². The van der Waals surface area contributed by atoms with Crippen LogP contribution in [0, 0.1) is 0 Å². The van der Waals surface area contributed by atoms with Crippen LogP contribution < -0.4 is 14.8 Å². The Hall–Kier alpha value is -2.24. The van der Waals surface area contributed by atoms with E-state index in [9.17, 15) is 9.59 Å². The number of hydrogen-bond donors (Lipinski definition) is 2. The number of amides is 1. The van der Waals surface area contributed by atoms with Crippen LogP contribution in [0.5, 0.6) is 11.5 Å². The molecule has 120 valence electrons. The van der Waals surface area contributed by atoms with E-state index < -0.39 is 11.5 Å². The summed E-state index contributed by atoms with van der Waals surface area (Å²) in [7, 11) is 0. The first kappa shape index (κ1) is 16.1. The first-order valence-electron chi connectivity index (χ1n) is 7.46. The lowest BCUT2D eigenvalue weighted by Crippen LogP contribution is -2.43. The standard InChI is InChI=1S/C16H21NO5/c1-2-21-12-5-7-13(8-6-12)22-11-3-4-14(18)17-16(9-10-16)15(19)20/h5-8H,2-4,9-11H2,1H3,(H,17,18)(H,19,20). The molecule has 0 saturated heterocycles. The van der Waals surface area contributed by atoms with Gasteiger partial charge in [-0.25, -0.2) is 4.79 Å². The Morgan fingerprint density at radius 1 is 1.18 bits per heavy atom. The van der Waals surface area contributed by atoms with Crippen LogP contribution in [0.1, 0.15) is 32.6 Å². The lowest BCUT2D eigenvalue weighted by atomic mass is 10.2. The average molecular weight is 307 g/mol. The van der Waals surface area contributed by atoms with Gasteiger partial charge >= 0.3 is 5.97 Å². The van der Waals surface area contributed by atoms with Crippen molar-refractivity contribution >= 4 is 11.9 Å². The summed E-state index contributed by atoms with van der Waals surface area (Å²) >= 11 is 0. The van der Waals surface area contributed by atoms with Crippen LogP contribution in [0.25, 0.3) is 0 Å². The summed E-state index contributed by atoms with van der Waals surface area (Å²) in [5.41, 5.74) is -1.01. The van der Waals surface area contributed by atoms with Gasteiger partial charge < -0.3 is 19.9 Å². The molecular weight excluding hydrogens is 286 g/mol. The number of carbonyl (C=O) groups excluding carboxylic acids is 1. The molecule has 1 amide bonds. The topological polar surface area (TPSA) is 84.9 Å². The summed E-state index contributed by atoms with van der Waals surface area (Å²) in [6.07, 6.45) is 1.81. The molecule has 0 heterocycles. The number of ether oxygens (including phenoxy) is 2. The summed E-state index contributed by atoms with van der Waals surface area (Å²) in [6, 6.07) is 7.29. The Morgan fingerprint density at radius 2 is 1.77 bits per heavy atom. The number of carboxylic acids is 1. The minimum absolute atomic E-state index is 0.241. The highest BCUT2D eigenvalue weighted by atomic mass is 16.5. The van der Waals surface area contributed by atoms with E-state index in [0.29, 0.717) is 38.2 Å². The van der Waals surface area contributed by atoms with Crippen molar-refractivity contribution in [3.8, 4) is 11.5 Å². The van der Waals surface area contributed by atoms with Crippen molar-refractivity contribution in [2.45, 2.75) is 38.1 Å². The van der Waals surface area contributed by atoms with E-state index in [1.807, 2.05) is 31.2 Å². The zero-order valence-electron chi connectivity index (χ0n) is 12.6. The molecule has 0 radical (unpaired) electrons. The van der Waals surface area contributed by atoms with E-state index in [2.05, 4.69) is 5.32 Å². The van der Waals surface area contributed by atoms with Gasteiger partial charge in [0.05, 0.1) is 13.2 Å². The molecule has 6 nitrogen and oxygen atoms in total. The molecule has 1 saturated carbocycles. The molecule has 0 bridgehead atoms. The fraction of sp³-hybridized carbons (Fsp3) is 0.500. The van der Waals surface area contributed by atoms with Gasteiger partial charge in [-0.3, -0.25) is 4.79 Å². The van der Waals surface area contributed by atoms with E-state index in [1.165, 1.54) is 0 Å². The van der Waals surface area contributed by atoms with Gasteiger partial charge in [0.15, 0.2) is 0 Å². The van der Waals surface area contributed by atoms with Crippen LogP contribution in [-0.2, 0) is 9.59 Å². The molecule has 1 aromatic rings. The van der Waals surface area contributed by atoms with E-state index in [1.54, 1.807) is 0 Å². The number of carbonyl (C=O) groups is 2. The molecule has 0 unspecified atom stereocenters. The highest BCUT2D eigenvalue weighted by molar-refractivity contribution is 5.89. The first-order valence-corrected chi connectivity index (χ1v) is 7.46. The molecule has 6 heteroatoms. The molecular formula is C16H21NO5. The molecule has 22 heavy (non-hydrogen) atoms. The van der Waals surface area contributed by atoms with Gasteiger partial charge in [0.1, 0.15) is 17.0 Å². The third kappa shape index (κ3) is 4.38. The molecule has 0 aliphatic heterocycles. The predicted octanol–water partition coefficient (Wildman–Crippen LogP) is 1.98. The van der Waals surface area contributed by atoms with E-state index >= 15 is 0 Å². The van der Waals surface area contributed by atoms with Gasteiger partial charge in [-0.2, -0.15) is 0 Å². The number of rotatable bonds is 9. The second-order valence-electron chi connectivity index (χ2n) is 5.29. The predicted molar refractivity (Wildman–Crippen MR) is 80.1 cm³/mol. The maximum absolute atomic E-state index is 11.7. The minimum Gasteiger partial charge on any atom is -0.494 e. The van der Waals surface area contributed by atoms with Gasteiger partial charge in [0.25, 0.3) is 0 Å². The van der Waals surface area contributed by atoms with Gasteiger partial charge in [0, 0.05) is 6.42 Å².